The lowest BCUT2D eigenvalue weighted by atomic mass is 9.74. The van der Waals surface area contributed by atoms with Crippen LogP contribution in [0.3, 0.4) is 0 Å². The van der Waals surface area contributed by atoms with Crippen molar-refractivity contribution in [3.8, 4) is 0 Å². The molecule has 2 fully saturated rings. The van der Waals surface area contributed by atoms with Crippen LogP contribution in [-0.2, 0) is 0 Å². The second-order valence-electron chi connectivity index (χ2n) is 9.49. The number of halogens is 2. The molecule has 0 saturated heterocycles. The highest BCUT2D eigenvalue weighted by Crippen LogP contribution is 2.39. The van der Waals surface area contributed by atoms with Gasteiger partial charge < -0.3 is 0 Å². The molecule has 0 bridgehead atoms. The van der Waals surface area contributed by atoms with E-state index in [1.165, 1.54) is 57.8 Å². The number of hydrogen-bond donors (Lipinski definition) is 0. The summed E-state index contributed by atoms with van der Waals surface area (Å²) in [5.74, 6) is 2.52. The molecule has 2 aliphatic rings. The fourth-order valence-corrected chi connectivity index (χ4v) is 5.32. The van der Waals surface area contributed by atoms with E-state index in [0.29, 0.717) is 0 Å². The van der Waals surface area contributed by atoms with Crippen molar-refractivity contribution >= 4 is 0 Å². The molecule has 0 aromatic rings. The molecular formula is C23H42F2. The van der Waals surface area contributed by atoms with Crippen LogP contribution in [0.1, 0.15) is 104 Å². The highest BCUT2D eigenvalue weighted by molar-refractivity contribution is 4.87. The van der Waals surface area contributed by atoms with E-state index in [4.69, 9.17) is 0 Å². The predicted octanol–water partition coefficient (Wildman–Crippen LogP) is 7.90. The van der Waals surface area contributed by atoms with Gasteiger partial charge in [-0.15, -0.1) is 0 Å². The van der Waals surface area contributed by atoms with Gasteiger partial charge in [0.2, 0.25) is 0 Å². The van der Waals surface area contributed by atoms with Crippen LogP contribution in [-0.4, -0.2) is 12.3 Å². The van der Waals surface area contributed by atoms with E-state index in [0.717, 1.165) is 43.4 Å². The van der Waals surface area contributed by atoms with Gasteiger partial charge in [0.05, 0.1) is 0 Å². The average Bonchev–Trinajstić information content (AvgIpc) is 2.60. The molecule has 0 aliphatic heterocycles. The zero-order valence-electron chi connectivity index (χ0n) is 17.0. The summed E-state index contributed by atoms with van der Waals surface area (Å²) < 4.78 is 28.1. The zero-order valence-corrected chi connectivity index (χ0v) is 17.0. The maximum atomic E-state index is 14.2. The minimum Gasteiger partial charge on any atom is -0.244 e. The highest BCUT2D eigenvalue weighted by Gasteiger charge is 2.38. The maximum absolute atomic E-state index is 14.2. The smallest absolute Gasteiger partial charge is 0.134 e. The van der Waals surface area contributed by atoms with Crippen LogP contribution in [0.25, 0.3) is 0 Å². The average molecular weight is 357 g/mol. The van der Waals surface area contributed by atoms with Crippen molar-refractivity contribution in [3.63, 3.8) is 0 Å². The van der Waals surface area contributed by atoms with E-state index in [1.807, 2.05) is 6.92 Å². The largest absolute Gasteiger partial charge is 0.244 e. The van der Waals surface area contributed by atoms with Crippen LogP contribution in [0.5, 0.6) is 0 Å². The quantitative estimate of drug-likeness (QED) is 0.394. The van der Waals surface area contributed by atoms with Gasteiger partial charge in [-0.2, -0.15) is 0 Å². The fourth-order valence-electron chi connectivity index (χ4n) is 5.32. The van der Waals surface area contributed by atoms with Crippen LogP contribution in [0.2, 0.25) is 0 Å². The molecule has 148 valence electrons. The van der Waals surface area contributed by atoms with Gasteiger partial charge >= 0.3 is 0 Å². The second kappa shape index (κ2) is 10.9. The summed E-state index contributed by atoms with van der Waals surface area (Å²) in [6, 6.07) is 0. The molecule has 0 spiro atoms. The molecule has 0 radical (unpaired) electrons. The summed E-state index contributed by atoms with van der Waals surface area (Å²) in [5.41, 5.74) is 0. The van der Waals surface area contributed by atoms with Crippen LogP contribution >= 0.6 is 0 Å². The summed E-state index contributed by atoms with van der Waals surface area (Å²) in [5, 5.41) is 0. The van der Waals surface area contributed by atoms with Gasteiger partial charge in [0.15, 0.2) is 0 Å². The topological polar surface area (TPSA) is 0 Å². The minimum absolute atomic E-state index is 0.0102. The van der Waals surface area contributed by atoms with Crippen LogP contribution in [0.15, 0.2) is 0 Å². The maximum Gasteiger partial charge on any atom is 0.134 e. The van der Waals surface area contributed by atoms with Crippen LogP contribution in [0, 0.1) is 29.6 Å². The Morgan fingerprint density at radius 2 is 1.44 bits per heavy atom. The molecule has 2 heteroatoms. The van der Waals surface area contributed by atoms with Crippen molar-refractivity contribution in [3.05, 3.63) is 0 Å². The van der Waals surface area contributed by atoms with Gasteiger partial charge in [-0.05, 0) is 48.9 Å². The van der Waals surface area contributed by atoms with Gasteiger partial charge in [-0.25, -0.2) is 8.78 Å². The number of alkyl halides is 2. The van der Waals surface area contributed by atoms with Gasteiger partial charge in [0.25, 0.3) is 0 Å². The molecule has 5 unspecified atom stereocenters. The third-order valence-corrected chi connectivity index (χ3v) is 7.29. The lowest BCUT2D eigenvalue weighted by Gasteiger charge is -2.35. The van der Waals surface area contributed by atoms with Crippen molar-refractivity contribution in [1.29, 1.82) is 0 Å². The van der Waals surface area contributed by atoms with E-state index in [9.17, 15) is 8.78 Å². The number of rotatable bonds is 9. The normalized spacial score (nSPS) is 37.8. The lowest BCUT2D eigenvalue weighted by molar-refractivity contribution is 0.0229. The Labute approximate surface area is 155 Å². The molecule has 2 aliphatic carbocycles. The van der Waals surface area contributed by atoms with E-state index in [1.54, 1.807) is 0 Å². The minimum atomic E-state index is -1.22. The first kappa shape index (κ1) is 21.2. The fraction of sp³-hybridized carbons (Fsp3) is 1.00. The molecular weight excluding hydrogens is 314 g/mol. The second-order valence-corrected chi connectivity index (χ2v) is 9.49. The molecule has 0 N–H and O–H groups in total. The van der Waals surface area contributed by atoms with Gasteiger partial charge in [0, 0.05) is 0 Å². The molecule has 0 aromatic heterocycles. The SMILES string of the molecule is CCCC(C)CCCC1CCC(CCC2CCC(C)C(F)C2F)CC1. The first-order valence-corrected chi connectivity index (χ1v) is 11.3. The molecule has 0 heterocycles. The highest BCUT2D eigenvalue weighted by atomic mass is 19.2. The molecule has 5 atom stereocenters. The van der Waals surface area contributed by atoms with Gasteiger partial charge in [-0.3, -0.25) is 0 Å². The first-order chi connectivity index (χ1) is 12.0. The molecule has 0 amide bonds. The monoisotopic (exact) mass is 356 g/mol. The lowest BCUT2D eigenvalue weighted by Crippen LogP contribution is -2.37. The summed E-state index contributed by atoms with van der Waals surface area (Å²) in [4.78, 5) is 0. The first-order valence-electron chi connectivity index (χ1n) is 11.3. The van der Waals surface area contributed by atoms with Crippen LogP contribution in [0.4, 0.5) is 8.78 Å². The van der Waals surface area contributed by atoms with Crippen molar-refractivity contribution < 1.29 is 8.78 Å². The Balaban J connectivity index is 1.58. The summed E-state index contributed by atoms with van der Waals surface area (Å²) >= 11 is 0. The van der Waals surface area contributed by atoms with Crippen molar-refractivity contribution in [2.75, 3.05) is 0 Å². The van der Waals surface area contributed by atoms with Gasteiger partial charge in [0.1, 0.15) is 12.3 Å². The zero-order chi connectivity index (χ0) is 18.2. The third-order valence-electron chi connectivity index (χ3n) is 7.29. The third kappa shape index (κ3) is 6.83. The van der Waals surface area contributed by atoms with Crippen molar-refractivity contribution in [1.82, 2.24) is 0 Å². The van der Waals surface area contributed by atoms with Crippen LogP contribution < -0.4 is 0 Å². The standard InChI is InChI=1S/C23H42F2/c1-4-6-17(2)7-5-8-19-10-12-20(13-11-19)14-16-21-15-9-18(3)22(24)23(21)25/h17-23H,4-16H2,1-3H3. The Bertz CT molecular complexity index is 348. The van der Waals surface area contributed by atoms with E-state index in [2.05, 4.69) is 13.8 Å². The summed E-state index contributed by atoms with van der Waals surface area (Å²) in [6.45, 7) is 6.54. The van der Waals surface area contributed by atoms with Gasteiger partial charge in [-0.1, -0.05) is 85.0 Å². The molecule has 25 heavy (non-hydrogen) atoms. The molecule has 2 rings (SSSR count). The Hall–Kier alpha value is -0.140. The molecule has 0 nitrogen and oxygen atoms in total. The van der Waals surface area contributed by atoms with E-state index >= 15 is 0 Å². The predicted molar refractivity (Wildman–Crippen MR) is 104 cm³/mol. The summed E-state index contributed by atoms with van der Waals surface area (Å²) in [7, 11) is 0. The van der Waals surface area contributed by atoms with E-state index < -0.39 is 12.3 Å². The van der Waals surface area contributed by atoms with Crippen molar-refractivity contribution in [2.24, 2.45) is 29.6 Å². The summed E-state index contributed by atoms with van der Waals surface area (Å²) in [6.07, 6.45) is 13.7. The molecule has 2 saturated carbocycles. The Kier molecular flexibility index (Phi) is 9.21. The Morgan fingerprint density at radius 1 is 0.800 bits per heavy atom. The van der Waals surface area contributed by atoms with E-state index in [-0.39, 0.29) is 11.8 Å². The molecule has 0 aromatic carbocycles. The Morgan fingerprint density at radius 3 is 2.08 bits per heavy atom. The number of hydrogen-bond acceptors (Lipinski definition) is 0. The van der Waals surface area contributed by atoms with Crippen molar-refractivity contribution in [2.45, 2.75) is 117 Å².